The number of aliphatic hydroxyl groups excluding tert-OH is 1. The molecule has 1 unspecified atom stereocenters. The number of amides is 1. The largest absolute Gasteiger partial charge is 0.395 e. The zero-order chi connectivity index (χ0) is 18.5. The molecular formula is C20H33NO3. The van der Waals surface area contributed by atoms with Gasteiger partial charge in [-0.15, -0.1) is 0 Å². The van der Waals surface area contributed by atoms with Gasteiger partial charge in [0.2, 0.25) is 5.91 Å². The Kier molecular flexibility index (Phi) is 6.97. The number of hydrogen-bond donors (Lipinski definition) is 1. The van der Waals surface area contributed by atoms with Crippen molar-refractivity contribution in [3.63, 3.8) is 0 Å². The normalized spacial score (nSPS) is 18.8. The lowest BCUT2D eigenvalue weighted by Gasteiger charge is -2.41. The van der Waals surface area contributed by atoms with Crippen LogP contribution in [0.3, 0.4) is 0 Å². The number of ketones is 1. The number of aliphatic hydroxyl groups is 1. The highest BCUT2D eigenvalue weighted by molar-refractivity contribution is 5.99. The highest BCUT2D eigenvalue weighted by atomic mass is 16.3. The maximum absolute atomic E-state index is 12.4. The Hall–Kier alpha value is -1.42. The maximum atomic E-state index is 12.4. The van der Waals surface area contributed by atoms with Crippen LogP contribution in [0.5, 0.6) is 0 Å². The molecule has 0 aromatic rings. The summed E-state index contributed by atoms with van der Waals surface area (Å²) in [5, 5.41) is 9.25. The van der Waals surface area contributed by atoms with E-state index in [9.17, 15) is 14.7 Å². The van der Waals surface area contributed by atoms with E-state index in [4.69, 9.17) is 0 Å². The van der Waals surface area contributed by atoms with Crippen LogP contribution in [-0.4, -0.2) is 40.4 Å². The molecule has 1 rings (SSSR count). The molecule has 0 aliphatic heterocycles. The lowest BCUT2D eigenvalue weighted by Crippen LogP contribution is -2.49. The molecule has 0 fully saturated rings. The van der Waals surface area contributed by atoms with Gasteiger partial charge in [0.15, 0.2) is 5.78 Å². The van der Waals surface area contributed by atoms with E-state index in [2.05, 4.69) is 12.7 Å². The summed E-state index contributed by atoms with van der Waals surface area (Å²) in [6.07, 6.45) is 6.89. The first-order valence-electron chi connectivity index (χ1n) is 8.81. The fraction of sp³-hybridized carbons (Fsp3) is 0.700. The number of Topliss-reactive ketones (excluding diaryl/α,β-unsaturated/α-hetero) is 1. The van der Waals surface area contributed by atoms with Crippen LogP contribution in [-0.2, 0) is 9.59 Å². The van der Waals surface area contributed by atoms with E-state index in [1.807, 2.05) is 34.6 Å². The number of nitrogens with zero attached hydrogens (tertiary/aromatic N) is 1. The van der Waals surface area contributed by atoms with Crippen molar-refractivity contribution in [3.05, 3.63) is 24.3 Å². The predicted octanol–water partition coefficient (Wildman–Crippen LogP) is 3.50. The van der Waals surface area contributed by atoms with Crippen LogP contribution in [0.1, 0.15) is 60.3 Å². The van der Waals surface area contributed by atoms with Crippen molar-refractivity contribution < 1.29 is 14.7 Å². The third-order valence-corrected chi connectivity index (χ3v) is 4.78. The van der Waals surface area contributed by atoms with Gasteiger partial charge in [0.05, 0.1) is 6.61 Å². The van der Waals surface area contributed by atoms with Crippen LogP contribution in [0.2, 0.25) is 0 Å². The molecule has 0 aromatic heterocycles. The van der Waals surface area contributed by atoms with Gasteiger partial charge in [-0.3, -0.25) is 9.59 Å². The molecule has 0 radical (unpaired) electrons. The molecule has 1 atom stereocenters. The molecule has 1 aliphatic rings. The minimum absolute atomic E-state index is 0.0577. The zero-order valence-electron chi connectivity index (χ0n) is 15.9. The molecule has 0 saturated carbocycles. The molecule has 0 bridgehead atoms. The van der Waals surface area contributed by atoms with E-state index in [1.54, 1.807) is 4.90 Å². The second-order valence-electron chi connectivity index (χ2n) is 8.38. The smallest absolute Gasteiger partial charge is 0.246 e. The topological polar surface area (TPSA) is 57.6 Å². The molecule has 1 amide bonds. The number of carbonyl (C=O) groups excluding carboxylic acids is 2. The lowest BCUT2D eigenvalue weighted by atomic mass is 9.76. The average molecular weight is 335 g/mol. The van der Waals surface area contributed by atoms with Gasteiger partial charge in [-0.2, -0.15) is 0 Å². The molecule has 0 heterocycles. The van der Waals surface area contributed by atoms with Crippen LogP contribution in [0.25, 0.3) is 0 Å². The summed E-state index contributed by atoms with van der Waals surface area (Å²) in [7, 11) is 0. The molecule has 4 heteroatoms. The second kappa shape index (κ2) is 8.11. The fourth-order valence-corrected chi connectivity index (χ4v) is 3.50. The van der Waals surface area contributed by atoms with Gasteiger partial charge in [0.1, 0.15) is 0 Å². The van der Waals surface area contributed by atoms with Gasteiger partial charge in [-0.25, -0.2) is 0 Å². The highest BCUT2D eigenvalue weighted by Gasteiger charge is 2.34. The van der Waals surface area contributed by atoms with Crippen LogP contribution >= 0.6 is 0 Å². The zero-order valence-corrected chi connectivity index (χ0v) is 15.9. The van der Waals surface area contributed by atoms with Crippen LogP contribution in [0.4, 0.5) is 0 Å². The van der Waals surface area contributed by atoms with Gasteiger partial charge in [0, 0.05) is 17.5 Å². The van der Waals surface area contributed by atoms with Gasteiger partial charge >= 0.3 is 0 Å². The van der Waals surface area contributed by atoms with E-state index in [-0.39, 0.29) is 29.3 Å². The van der Waals surface area contributed by atoms with Crippen LogP contribution < -0.4 is 0 Å². The molecule has 136 valence electrons. The van der Waals surface area contributed by atoms with Crippen LogP contribution in [0.15, 0.2) is 24.3 Å². The van der Waals surface area contributed by atoms with Crippen molar-refractivity contribution in [3.8, 4) is 0 Å². The Labute approximate surface area is 146 Å². The highest BCUT2D eigenvalue weighted by Crippen LogP contribution is 2.35. The van der Waals surface area contributed by atoms with Crippen molar-refractivity contribution in [1.82, 2.24) is 4.90 Å². The minimum atomic E-state index is -0.349. The molecule has 1 aliphatic carbocycles. The van der Waals surface area contributed by atoms with E-state index in [0.717, 1.165) is 31.3 Å². The molecule has 0 spiro atoms. The lowest BCUT2D eigenvalue weighted by molar-refractivity contribution is -0.132. The van der Waals surface area contributed by atoms with E-state index >= 15 is 0 Å². The first kappa shape index (κ1) is 20.6. The molecule has 24 heavy (non-hydrogen) atoms. The summed E-state index contributed by atoms with van der Waals surface area (Å²) < 4.78 is 0. The summed E-state index contributed by atoms with van der Waals surface area (Å²) in [6.45, 7) is 13.7. The average Bonchev–Trinajstić information content (AvgIpc) is 2.50. The van der Waals surface area contributed by atoms with Crippen molar-refractivity contribution in [2.75, 3.05) is 13.2 Å². The number of carbonyl (C=O) groups is 2. The molecule has 4 nitrogen and oxygen atoms in total. The summed E-state index contributed by atoms with van der Waals surface area (Å²) in [6, 6.07) is 0. The molecular weight excluding hydrogens is 302 g/mol. The van der Waals surface area contributed by atoms with Crippen molar-refractivity contribution in [2.24, 2.45) is 11.3 Å². The Balaban J connectivity index is 2.77. The number of hydrogen-bond acceptors (Lipinski definition) is 3. The van der Waals surface area contributed by atoms with Crippen molar-refractivity contribution >= 4 is 11.7 Å². The monoisotopic (exact) mass is 335 g/mol. The van der Waals surface area contributed by atoms with E-state index in [0.29, 0.717) is 12.5 Å². The Morgan fingerprint density at radius 1 is 1.33 bits per heavy atom. The molecule has 0 aromatic carbocycles. The van der Waals surface area contributed by atoms with E-state index < -0.39 is 0 Å². The van der Waals surface area contributed by atoms with Gasteiger partial charge in [-0.1, -0.05) is 33.4 Å². The quantitative estimate of drug-likeness (QED) is 0.724. The summed E-state index contributed by atoms with van der Waals surface area (Å²) >= 11 is 0. The maximum Gasteiger partial charge on any atom is 0.246 e. The van der Waals surface area contributed by atoms with Gasteiger partial charge < -0.3 is 10.0 Å². The molecule has 0 saturated heterocycles. The van der Waals surface area contributed by atoms with Crippen LogP contribution in [0, 0.1) is 11.3 Å². The SMILES string of the molecule is C=CC(=O)N(CCO)C(C)(C)CC1CC=C(C(=O)C(C)(C)C)CC1. The Morgan fingerprint density at radius 3 is 2.38 bits per heavy atom. The number of rotatable bonds is 7. The number of β-amino-alcohol motifs (C(OH)–C–C–N with tert-alkyl or cyclic N) is 1. The Morgan fingerprint density at radius 2 is 1.96 bits per heavy atom. The first-order valence-corrected chi connectivity index (χ1v) is 8.81. The van der Waals surface area contributed by atoms with Gasteiger partial charge in [-0.05, 0) is 57.1 Å². The molecule has 1 N–H and O–H groups in total. The standard InChI is InChI=1S/C20H33NO3/c1-7-17(23)21(12-13-22)20(5,6)14-15-8-10-16(11-9-15)18(24)19(2,3)4/h7,10,15,22H,1,8-9,11-14H2,2-6H3. The third kappa shape index (κ3) is 5.30. The first-order chi connectivity index (χ1) is 11.0. The third-order valence-electron chi connectivity index (χ3n) is 4.78. The minimum Gasteiger partial charge on any atom is -0.395 e. The van der Waals surface area contributed by atoms with E-state index in [1.165, 1.54) is 6.08 Å². The van der Waals surface area contributed by atoms with Crippen molar-refractivity contribution in [1.29, 1.82) is 0 Å². The summed E-state index contributed by atoms with van der Waals surface area (Å²) in [4.78, 5) is 26.1. The fourth-order valence-electron chi connectivity index (χ4n) is 3.50. The Bertz CT molecular complexity index is 511. The predicted molar refractivity (Wildman–Crippen MR) is 97.6 cm³/mol. The van der Waals surface area contributed by atoms with Crippen molar-refractivity contribution in [2.45, 2.75) is 65.8 Å². The van der Waals surface area contributed by atoms with Gasteiger partial charge in [0.25, 0.3) is 0 Å². The number of allylic oxidation sites excluding steroid dienone is 2. The second-order valence-corrected chi connectivity index (χ2v) is 8.38. The summed E-state index contributed by atoms with van der Waals surface area (Å²) in [5.41, 5.74) is 0.274. The summed E-state index contributed by atoms with van der Waals surface area (Å²) in [5.74, 6) is 0.531.